The zero-order chi connectivity index (χ0) is 27.8. The number of urea groups is 2. The van der Waals surface area contributed by atoms with Crippen molar-refractivity contribution in [2.75, 3.05) is 22.6 Å². The number of anilines is 3. The summed E-state index contributed by atoms with van der Waals surface area (Å²) in [5.41, 5.74) is 1.29. The molecule has 198 valence electrons. The third kappa shape index (κ3) is 7.59. The van der Waals surface area contributed by atoms with Crippen molar-refractivity contribution >= 4 is 35.2 Å². The Morgan fingerprint density at radius 1 is 0.897 bits per heavy atom. The summed E-state index contributed by atoms with van der Waals surface area (Å²) in [6.45, 7) is 0. The predicted molar refractivity (Wildman–Crippen MR) is 142 cm³/mol. The van der Waals surface area contributed by atoms with Crippen LogP contribution >= 0.6 is 0 Å². The van der Waals surface area contributed by atoms with E-state index in [1.165, 1.54) is 59.6 Å². The van der Waals surface area contributed by atoms with Gasteiger partial charge in [-0.05, 0) is 48.0 Å². The molecule has 3 N–H and O–H groups in total. The summed E-state index contributed by atoms with van der Waals surface area (Å²) in [5.74, 6) is -1.56. The van der Waals surface area contributed by atoms with E-state index in [0.717, 1.165) is 6.07 Å². The van der Waals surface area contributed by atoms with Crippen LogP contribution in [0.15, 0.2) is 91.1 Å². The summed E-state index contributed by atoms with van der Waals surface area (Å²) < 4.78 is 33.3. The van der Waals surface area contributed by atoms with Crippen LogP contribution < -0.4 is 25.6 Å². The predicted octanol–water partition coefficient (Wildman–Crippen LogP) is 5.71. The molecule has 9 nitrogen and oxygen atoms in total. The van der Waals surface area contributed by atoms with Crippen LogP contribution in [0.1, 0.15) is 5.56 Å². The standard InChI is InChI=1S/C28H23F2N5O4/c1-35(21-5-3-2-4-6-21)28(38)33-25-17-22(13-14-31-25)39-24-12-11-20(16-23(24)30)32-27(37)34-26(36)15-18-7-9-19(29)10-8-18/h2-14,16-17H,15H2,1H3,(H,31,33,38)(H2,32,34,36,37). The van der Waals surface area contributed by atoms with Gasteiger partial charge in [0.25, 0.3) is 0 Å². The SMILES string of the molecule is CN(C(=O)Nc1cc(Oc2ccc(NC(=O)NC(=O)Cc3ccc(F)cc3)cc2F)ccn1)c1ccccc1. The van der Waals surface area contributed by atoms with Crippen LogP contribution in [0.5, 0.6) is 11.5 Å². The number of nitrogens with zero attached hydrogens (tertiary/aromatic N) is 2. The molecule has 0 aliphatic carbocycles. The van der Waals surface area contributed by atoms with Crippen molar-refractivity contribution in [2.45, 2.75) is 6.42 Å². The van der Waals surface area contributed by atoms with Crippen LogP contribution in [0.3, 0.4) is 0 Å². The molecule has 0 spiro atoms. The third-order valence-corrected chi connectivity index (χ3v) is 5.36. The highest BCUT2D eigenvalue weighted by molar-refractivity contribution is 6.02. The summed E-state index contributed by atoms with van der Waals surface area (Å²) in [5, 5.41) is 7.14. The maximum atomic E-state index is 14.7. The molecule has 0 radical (unpaired) electrons. The molecule has 39 heavy (non-hydrogen) atoms. The molecule has 1 heterocycles. The van der Waals surface area contributed by atoms with Crippen LogP contribution in [0.25, 0.3) is 0 Å². The number of aromatic nitrogens is 1. The van der Waals surface area contributed by atoms with Gasteiger partial charge in [0, 0.05) is 36.8 Å². The number of carbonyl (C=O) groups is 3. The summed E-state index contributed by atoms with van der Waals surface area (Å²) in [6.07, 6.45) is 1.26. The Kier molecular flexibility index (Phi) is 8.42. The molecule has 0 saturated carbocycles. The first-order valence-corrected chi connectivity index (χ1v) is 11.7. The van der Waals surface area contributed by atoms with Crippen molar-refractivity contribution in [2.24, 2.45) is 0 Å². The number of pyridine rings is 1. The Hall–Kier alpha value is -5.32. The number of imide groups is 1. The number of amides is 5. The Labute approximate surface area is 222 Å². The van der Waals surface area contributed by atoms with Gasteiger partial charge >= 0.3 is 12.1 Å². The Bertz CT molecular complexity index is 1480. The molecule has 0 bridgehead atoms. The van der Waals surface area contributed by atoms with Crippen molar-refractivity contribution in [3.63, 3.8) is 0 Å². The van der Waals surface area contributed by atoms with E-state index in [2.05, 4.69) is 20.9 Å². The second-order valence-corrected chi connectivity index (χ2v) is 8.25. The van der Waals surface area contributed by atoms with Crippen molar-refractivity contribution in [3.8, 4) is 11.5 Å². The van der Waals surface area contributed by atoms with Crippen LogP contribution in [0.2, 0.25) is 0 Å². The van der Waals surface area contributed by atoms with Gasteiger partial charge in [-0.15, -0.1) is 0 Å². The Morgan fingerprint density at radius 2 is 1.64 bits per heavy atom. The van der Waals surface area contributed by atoms with E-state index in [9.17, 15) is 23.2 Å². The first-order valence-electron chi connectivity index (χ1n) is 11.7. The normalized spacial score (nSPS) is 10.3. The Morgan fingerprint density at radius 3 is 2.36 bits per heavy atom. The van der Waals surface area contributed by atoms with E-state index in [-0.39, 0.29) is 29.4 Å². The monoisotopic (exact) mass is 531 g/mol. The molecule has 0 aliphatic heterocycles. The van der Waals surface area contributed by atoms with Gasteiger partial charge < -0.3 is 10.1 Å². The lowest BCUT2D eigenvalue weighted by atomic mass is 10.1. The quantitative estimate of drug-likeness (QED) is 0.283. The molecule has 4 rings (SSSR count). The van der Waals surface area contributed by atoms with Crippen LogP contribution in [0, 0.1) is 11.6 Å². The fraction of sp³-hybridized carbons (Fsp3) is 0.0714. The lowest BCUT2D eigenvalue weighted by Gasteiger charge is -2.17. The third-order valence-electron chi connectivity index (χ3n) is 5.36. The number of hydrogen-bond donors (Lipinski definition) is 3. The minimum Gasteiger partial charge on any atom is -0.454 e. The van der Waals surface area contributed by atoms with Gasteiger partial charge in [0.2, 0.25) is 5.91 Å². The second-order valence-electron chi connectivity index (χ2n) is 8.25. The fourth-order valence-electron chi connectivity index (χ4n) is 3.41. The Balaban J connectivity index is 1.32. The topological polar surface area (TPSA) is 113 Å². The zero-order valence-corrected chi connectivity index (χ0v) is 20.7. The number of nitrogens with one attached hydrogen (secondary N) is 3. The lowest BCUT2D eigenvalue weighted by molar-refractivity contribution is -0.119. The average molecular weight is 532 g/mol. The summed E-state index contributed by atoms with van der Waals surface area (Å²) in [6, 6.07) is 19.7. The minimum absolute atomic E-state index is 0.0820. The minimum atomic E-state index is -0.856. The van der Waals surface area contributed by atoms with Crippen molar-refractivity contribution in [3.05, 3.63) is 108 Å². The number of benzene rings is 3. The molecule has 11 heteroatoms. The molecule has 4 aromatic rings. The smallest absolute Gasteiger partial charge is 0.327 e. The molecule has 0 unspecified atom stereocenters. The second kappa shape index (κ2) is 12.3. The molecule has 0 saturated heterocycles. The fourth-order valence-corrected chi connectivity index (χ4v) is 3.41. The largest absolute Gasteiger partial charge is 0.454 e. The first-order chi connectivity index (χ1) is 18.8. The molecule has 1 aromatic heterocycles. The average Bonchev–Trinajstić information content (AvgIpc) is 2.91. The van der Waals surface area contributed by atoms with E-state index < -0.39 is 29.6 Å². The van der Waals surface area contributed by atoms with Gasteiger partial charge in [0.1, 0.15) is 17.4 Å². The van der Waals surface area contributed by atoms with Gasteiger partial charge in [-0.2, -0.15) is 0 Å². The first kappa shape index (κ1) is 26.7. The van der Waals surface area contributed by atoms with Crippen molar-refractivity contribution < 1.29 is 27.9 Å². The summed E-state index contributed by atoms with van der Waals surface area (Å²) in [7, 11) is 1.61. The molecule has 5 amide bonds. The van der Waals surface area contributed by atoms with Gasteiger partial charge in [-0.1, -0.05) is 30.3 Å². The molecule has 0 fully saturated rings. The van der Waals surface area contributed by atoms with Crippen LogP contribution in [-0.2, 0) is 11.2 Å². The number of halogens is 2. The van der Waals surface area contributed by atoms with Gasteiger partial charge in [-0.3, -0.25) is 20.3 Å². The maximum absolute atomic E-state index is 14.7. The highest BCUT2D eigenvalue weighted by Gasteiger charge is 2.14. The maximum Gasteiger partial charge on any atom is 0.327 e. The molecule has 0 atom stereocenters. The summed E-state index contributed by atoms with van der Waals surface area (Å²) in [4.78, 5) is 42.2. The lowest BCUT2D eigenvalue weighted by Crippen LogP contribution is -2.35. The van der Waals surface area contributed by atoms with Crippen LogP contribution in [-0.4, -0.2) is 30.0 Å². The van der Waals surface area contributed by atoms with Crippen LogP contribution in [0.4, 0.5) is 35.6 Å². The molecular formula is C28H23F2N5O4. The number of para-hydroxylation sites is 1. The molecular weight excluding hydrogens is 508 g/mol. The van der Waals surface area contributed by atoms with Crippen molar-refractivity contribution in [1.82, 2.24) is 10.3 Å². The number of hydrogen-bond acceptors (Lipinski definition) is 5. The van der Waals surface area contributed by atoms with E-state index >= 15 is 0 Å². The van der Waals surface area contributed by atoms with E-state index in [1.54, 1.807) is 19.2 Å². The van der Waals surface area contributed by atoms with Gasteiger partial charge in [0.15, 0.2) is 11.6 Å². The van der Waals surface area contributed by atoms with E-state index in [4.69, 9.17) is 4.74 Å². The number of ether oxygens (including phenoxy) is 1. The number of carbonyl (C=O) groups excluding carboxylic acids is 3. The highest BCUT2D eigenvalue weighted by atomic mass is 19.1. The van der Waals surface area contributed by atoms with E-state index in [1.807, 2.05) is 18.2 Å². The molecule has 3 aromatic carbocycles. The zero-order valence-electron chi connectivity index (χ0n) is 20.7. The number of rotatable bonds is 7. The summed E-state index contributed by atoms with van der Waals surface area (Å²) >= 11 is 0. The van der Waals surface area contributed by atoms with E-state index in [0.29, 0.717) is 11.3 Å². The highest BCUT2D eigenvalue weighted by Crippen LogP contribution is 2.28. The van der Waals surface area contributed by atoms with Gasteiger partial charge in [0.05, 0.1) is 6.42 Å². The molecule has 0 aliphatic rings. The van der Waals surface area contributed by atoms with Crippen molar-refractivity contribution in [1.29, 1.82) is 0 Å². The van der Waals surface area contributed by atoms with Gasteiger partial charge in [-0.25, -0.2) is 23.4 Å².